The number of carboxylic acids is 1. The summed E-state index contributed by atoms with van der Waals surface area (Å²) in [5, 5.41) is 8.71. The molecule has 2 aromatic rings. The topological polar surface area (TPSA) is 67.5 Å². The smallest absolute Gasteiger partial charge is 0.371 e. The Hall–Kier alpha value is -2.36. The molecule has 0 aliphatic heterocycles. The molecule has 1 aromatic heterocycles. The summed E-state index contributed by atoms with van der Waals surface area (Å²) in [6, 6.07) is 9.73. The summed E-state index contributed by atoms with van der Waals surface area (Å²) < 4.78 is 5.12. The zero-order valence-corrected chi connectivity index (χ0v) is 8.21. The van der Waals surface area contributed by atoms with Crippen molar-refractivity contribution in [2.24, 2.45) is 0 Å². The first kappa shape index (κ1) is 10.2. The molecular weight excluding hydrogens is 208 g/mol. The van der Waals surface area contributed by atoms with Crippen LogP contribution in [0.25, 0.3) is 11.3 Å². The number of hydrogen-bond donors (Lipinski definition) is 1. The van der Waals surface area contributed by atoms with Crippen molar-refractivity contribution in [1.82, 2.24) is 0 Å². The second-order valence-corrected chi connectivity index (χ2v) is 3.17. The molecule has 0 spiro atoms. The Morgan fingerprint density at radius 2 is 1.94 bits per heavy atom. The van der Waals surface area contributed by atoms with Crippen molar-refractivity contribution in [2.45, 2.75) is 0 Å². The summed E-state index contributed by atoms with van der Waals surface area (Å²) >= 11 is 0. The zero-order valence-electron chi connectivity index (χ0n) is 8.21. The van der Waals surface area contributed by atoms with Gasteiger partial charge in [-0.05, 0) is 12.1 Å². The fourth-order valence-electron chi connectivity index (χ4n) is 1.42. The lowest BCUT2D eigenvalue weighted by Gasteiger charge is -1.99. The summed E-state index contributed by atoms with van der Waals surface area (Å²) in [7, 11) is 0. The van der Waals surface area contributed by atoms with Crippen LogP contribution in [0.1, 0.15) is 20.9 Å². The average molecular weight is 216 g/mol. The molecule has 0 fully saturated rings. The fraction of sp³-hybridized carbons (Fsp3) is 0. The molecule has 0 amide bonds. The monoisotopic (exact) mass is 216 g/mol. The lowest BCUT2D eigenvalue weighted by Crippen LogP contribution is -1.91. The van der Waals surface area contributed by atoms with Crippen molar-refractivity contribution in [2.75, 3.05) is 0 Å². The van der Waals surface area contributed by atoms with Crippen molar-refractivity contribution >= 4 is 12.3 Å². The molecule has 0 unspecified atom stereocenters. The predicted molar refractivity (Wildman–Crippen MR) is 56.5 cm³/mol. The summed E-state index contributed by atoms with van der Waals surface area (Å²) in [6.07, 6.45) is 0.707. The molecule has 0 atom stereocenters. The largest absolute Gasteiger partial charge is 0.475 e. The van der Waals surface area contributed by atoms with E-state index in [-0.39, 0.29) is 5.76 Å². The van der Waals surface area contributed by atoms with Gasteiger partial charge in [-0.15, -0.1) is 0 Å². The number of benzene rings is 1. The summed E-state index contributed by atoms with van der Waals surface area (Å²) in [5.41, 5.74) is 1.05. The Balaban J connectivity index is 2.50. The molecule has 4 heteroatoms. The van der Waals surface area contributed by atoms with E-state index in [9.17, 15) is 9.59 Å². The van der Waals surface area contributed by atoms with Crippen LogP contribution in [0, 0.1) is 0 Å². The number of aldehydes is 1. The quantitative estimate of drug-likeness (QED) is 0.800. The van der Waals surface area contributed by atoms with Crippen LogP contribution >= 0.6 is 0 Å². The highest BCUT2D eigenvalue weighted by atomic mass is 16.4. The van der Waals surface area contributed by atoms with E-state index in [4.69, 9.17) is 9.52 Å². The third-order valence-electron chi connectivity index (χ3n) is 2.17. The fourth-order valence-corrected chi connectivity index (χ4v) is 1.42. The van der Waals surface area contributed by atoms with E-state index < -0.39 is 5.97 Å². The number of carbonyl (C=O) groups excluding carboxylic acids is 1. The molecular formula is C12H8O4. The number of furan rings is 1. The molecule has 0 aliphatic carbocycles. The molecule has 0 saturated carbocycles. The molecule has 0 saturated heterocycles. The Bertz CT molecular complexity index is 539. The third kappa shape index (κ3) is 1.72. The molecule has 0 bridgehead atoms. The lowest BCUT2D eigenvalue weighted by atomic mass is 10.1. The summed E-state index contributed by atoms with van der Waals surface area (Å²) in [5.74, 6) is -0.898. The van der Waals surface area contributed by atoms with Gasteiger partial charge in [0, 0.05) is 11.1 Å². The Labute approximate surface area is 91.1 Å². The van der Waals surface area contributed by atoms with Crippen LogP contribution in [0.3, 0.4) is 0 Å². The Morgan fingerprint density at radius 1 is 1.19 bits per heavy atom. The van der Waals surface area contributed by atoms with Gasteiger partial charge in [-0.3, -0.25) is 4.79 Å². The van der Waals surface area contributed by atoms with Gasteiger partial charge in [0.05, 0.1) is 0 Å². The highest BCUT2D eigenvalue weighted by Gasteiger charge is 2.12. The van der Waals surface area contributed by atoms with E-state index in [1.807, 2.05) is 0 Å². The predicted octanol–water partition coefficient (Wildman–Crippen LogP) is 2.46. The second kappa shape index (κ2) is 4.02. The van der Waals surface area contributed by atoms with Crippen molar-refractivity contribution in [3.8, 4) is 11.3 Å². The minimum absolute atomic E-state index is 0.143. The highest BCUT2D eigenvalue weighted by molar-refractivity contribution is 5.88. The summed E-state index contributed by atoms with van der Waals surface area (Å²) in [6.45, 7) is 0. The minimum Gasteiger partial charge on any atom is -0.475 e. The number of carboxylic acid groups (broad SMARTS) is 1. The van der Waals surface area contributed by atoms with Gasteiger partial charge in [-0.25, -0.2) is 4.79 Å². The molecule has 80 valence electrons. The van der Waals surface area contributed by atoms with Gasteiger partial charge < -0.3 is 9.52 Å². The van der Waals surface area contributed by atoms with Crippen molar-refractivity contribution in [3.05, 3.63) is 47.7 Å². The number of hydrogen-bond acceptors (Lipinski definition) is 3. The standard InChI is InChI=1S/C12H8O4/c13-7-8-3-1-2-4-9(8)10-5-6-11(16-10)12(14)15/h1-7H,(H,14,15). The first-order valence-electron chi connectivity index (χ1n) is 4.60. The van der Waals surface area contributed by atoms with Gasteiger partial charge in [0.1, 0.15) is 5.76 Å². The van der Waals surface area contributed by atoms with Crippen LogP contribution < -0.4 is 0 Å². The summed E-state index contributed by atoms with van der Waals surface area (Å²) in [4.78, 5) is 21.4. The minimum atomic E-state index is -1.13. The van der Waals surface area contributed by atoms with E-state index in [1.165, 1.54) is 12.1 Å². The highest BCUT2D eigenvalue weighted by Crippen LogP contribution is 2.24. The Morgan fingerprint density at radius 3 is 2.56 bits per heavy atom. The van der Waals surface area contributed by atoms with Gasteiger partial charge >= 0.3 is 5.97 Å². The maximum atomic E-state index is 10.8. The van der Waals surface area contributed by atoms with E-state index in [1.54, 1.807) is 24.3 Å². The Kier molecular flexibility index (Phi) is 2.55. The normalized spacial score (nSPS) is 10.0. The van der Waals surface area contributed by atoms with Crippen LogP contribution in [-0.2, 0) is 0 Å². The third-order valence-corrected chi connectivity index (χ3v) is 2.17. The van der Waals surface area contributed by atoms with Crippen molar-refractivity contribution < 1.29 is 19.1 Å². The molecule has 0 radical (unpaired) electrons. The van der Waals surface area contributed by atoms with Gasteiger partial charge in [0.15, 0.2) is 6.29 Å². The first-order chi connectivity index (χ1) is 7.72. The van der Waals surface area contributed by atoms with Crippen LogP contribution in [0.5, 0.6) is 0 Å². The average Bonchev–Trinajstić information content (AvgIpc) is 2.78. The lowest BCUT2D eigenvalue weighted by molar-refractivity contribution is 0.0663. The van der Waals surface area contributed by atoms with Crippen LogP contribution in [0.4, 0.5) is 0 Å². The molecule has 4 nitrogen and oxygen atoms in total. The maximum absolute atomic E-state index is 10.8. The number of carbonyl (C=O) groups is 2. The van der Waals surface area contributed by atoms with E-state index >= 15 is 0 Å². The van der Waals surface area contributed by atoms with Crippen LogP contribution in [0.15, 0.2) is 40.8 Å². The molecule has 2 rings (SSSR count). The van der Waals surface area contributed by atoms with E-state index in [0.29, 0.717) is 23.2 Å². The number of aromatic carboxylic acids is 1. The SMILES string of the molecule is O=Cc1ccccc1-c1ccc(C(=O)O)o1. The van der Waals surface area contributed by atoms with Gasteiger partial charge in [0.25, 0.3) is 0 Å². The molecule has 0 aliphatic rings. The van der Waals surface area contributed by atoms with Crippen LogP contribution in [0.2, 0.25) is 0 Å². The van der Waals surface area contributed by atoms with Crippen molar-refractivity contribution in [3.63, 3.8) is 0 Å². The number of rotatable bonds is 3. The van der Waals surface area contributed by atoms with Gasteiger partial charge in [0.2, 0.25) is 5.76 Å². The van der Waals surface area contributed by atoms with E-state index in [0.717, 1.165) is 0 Å². The zero-order chi connectivity index (χ0) is 11.5. The van der Waals surface area contributed by atoms with Crippen molar-refractivity contribution in [1.29, 1.82) is 0 Å². The molecule has 1 N–H and O–H groups in total. The molecule has 16 heavy (non-hydrogen) atoms. The van der Waals surface area contributed by atoms with E-state index in [2.05, 4.69) is 0 Å². The van der Waals surface area contributed by atoms with Gasteiger partial charge in [-0.2, -0.15) is 0 Å². The first-order valence-corrected chi connectivity index (χ1v) is 4.60. The maximum Gasteiger partial charge on any atom is 0.371 e. The molecule has 1 heterocycles. The second-order valence-electron chi connectivity index (χ2n) is 3.17. The van der Waals surface area contributed by atoms with Gasteiger partial charge in [-0.1, -0.05) is 24.3 Å². The van der Waals surface area contributed by atoms with Crippen LogP contribution in [-0.4, -0.2) is 17.4 Å². The molecule has 1 aromatic carbocycles.